The summed E-state index contributed by atoms with van der Waals surface area (Å²) in [5, 5.41) is 9.98. The maximum Gasteiger partial charge on any atom is 0.490 e. The van der Waals surface area contributed by atoms with E-state index in [2.05, 4.69) is 25.3 Å². The molecule has 1 aliphatic heterocycles. The molecule has 1 amide bonds. The van der Waals surface area contributed by atoms with Crippen molar-refractivity contribution in [2.75, 3.05) is 6.54 Å². The topological polar surface area (TPSA) is 124 Å². The van der Waals surface area contributed by atoms with Crippen molar-refractivity contribution in [3.05, 3.63) is 59.6 Å². The number of fused-ring (bicyclic) bond motifs is 1. The molecule has 8 nitrogen and oxygen atoms in total. The fourth-order valence-electron chi connectivity index (χ4n) is 2.69. The van der Waals surface area contributed by atoms with Gasteiger partial charge in [0.25, 0.3) is 5.91 Å². The van der Waals surface area contributed by atoms with E-state index in [1.165, 1.54) is 0 Å². The second kappa shape index (κ2) is 8.64. The minimum absolute atomic E-state index is 0.0119. The Morgan fingerprint density at radius 1 is 1.23 bits per heavy atom. The van der Waals surface area contributed by atoms with Gasteiger partial charge in [0.15, 0.2) is 0 Å². The predicted octanol–water partition coefficient (Wildman–Crippen LogP) is 2.89. The summed E-state index contributed by atoms with van der Waals surface area (Å²) in [6, 6.07) is 5.83. The van der Waals surface area contributed by atoms with E-state index in [-0.39, 0.29) is 5.91 Å². The second-order valence-corrected chi connectivity index (χ2v) is 6.19. The molecule has 0 aromatic carbocycles. The average molecular weight is 419 g/mol. The van der Waals surface area contributed by atoms with Crippen LogP contribution in [0, 0.1) is 0 Å². The summed E-state index contributed by atoms with van der Waals surface area (Å²) in [6.45, 7) is 0.681. The van der Waals surface area contributed by atoms with Gasteiger partial charge in [0.2, 0.25) is 0 Å². The Hall–Kier alpha value is -3.89. The Bertz CT molecular complexity index is 1070. The Balaban J connectivity index is 0.000000318. The van der Waals surface area contributed by atoms with Crippen molar-refractivity contribution in [2.45, 2.75) is 12.6 Å². The standard InChI is InChI=1S/C17H15N5O.C2HF3O2/c23-17-14-8-16(22-15(14)4-6-20-17)11-3-5-19-12(7-11)1-2-13-9-18-10-21-13;3-2(4,5)1(6)7/h1-3,5,7-10,22H,4,6H2,(H,18,21)(H,20,23);(H,6,7)/b2-1-;. The number of alkyl halides is 3. The number of nitrogens with zero attached hydrogens (tertiary/aromatic N) is 2. The van der Waals surface area contributed by atoms with Gasteiger partial charge in [-0.3, -0.25) is 9.78 Å². The van der Waals surface area contributed by atoms with Gasteiger partial charge in [0, 0.05) is 36.1 Å². The lowest BCUT2D eigenvalue weighted by molar-refractivity contribution is -0.192. The van der Waals surface area contributed by atoms with Crippen LogP contribution in [0.25, 0.3) is 23.4 Å². The molecule has 3 aromatic rings. The van der Waals surface area contributed by atoms with Crippen molar-refractivity contribution in [3.8, 4) is 11.3 Å². The third-order valence-electron chi connectivity index (χ3n) is 4.09. The van der Waals surface area contributed by atoms with Crippen molar-refractivity contribution in [2.24, 2.45) is 0 Å². The molecule has 0 unspecified atom stereocenters. The van der Waals surface area contributed by atoms with E-state index in [9.17, 15) is 18.0 Å². The van der Waals surface area contributed by atoms with Crippen LogP contribution >= 0.6 is 0 Å². The highest BCUT2D eigenvalue weighted by atomic mass is 19.4. The molecule has 4 rings (SSSR count). The van der Waals surface area contributed by atoms with E-state index < -0.39 is 12.1 Å². The third kappa shape index (κ3) is 5.13. The van der Waals surface area contributed by atoms with Gasteiger partial charge in [0.05, 0.1) is 29.5 Å². The zero-order chi connectivity index (χ0) is 21.7. The zero-order valence-electron chi connectivity index (χ0n) is 15.3. The van der Waals surface area contributed by atoms with E-state index in [4.69, 9.17) is 9.90 Å². The van der Waals surface area contributed by atoms with Crippen LogP contribution in [0.5, 0.6) is 0 Å². The number of carbonyl (C=O) groups excluding carboxylic acids is 1. The number of carboxylic acid groups (broad SMARTS) is 1. The van der Waals surface area contributed by atoms with Crippen LogP contribution in [0.2, 0.25) is 0 Å². The lowest BCUT2D eigenvalue weighted by Crippen LogP contribution is -2.31. The van der Waals surface area contributed by atoms with Gasteiger partial charge in [-0.25, -0.2) is 9.78 Å². The number of carbonyl (C=O) groups is 2. The number of amides is 1. The van der Waals surface area contributed by atoms with Gasteiger partial charge < -0.3 is 20.4 Å². The van der Waals surface area contributed by atoms with Gasteiger partial charge in [-0.05, 0) is 30.4 Å². The number of pyridine rings is 1. The van der Waals surface area contributed by atoms with Crippen LogP contribution in [0.1, 0.15) is 27.4 Å². The number of aromatic amines is 2. The van der Waals surface area contributed by atoms with Crippen molar-refractivity contribution >= 4 is 24.0 Å². The monoisotopic (exact) mass is 419 g/mol. The van der Waals surface area contributed by atoms with Crippen LogP contribution < -0.4 is 5.32 Å². The van der Waals surface area contributed by atoms with Gasteiger partial charge in [-0.1, -0.05) is 0 Å². The second-order valence-electron chi connectivity index (χ2n) is 6.19. The fraction of sp³-hybridized carbons (Fsp3) is 0.158. The number of hydrogen-bond acceptors (Lipinski definition) is 4. The summed E-state index contributed by atoms with van der Waals surface area (Å²) in [7, 11) is 0. The highest BCUT2D eigenvalue weighted by Gasteiger charge is 2.38. The van der Waals surface area contributed by atoms with Crippen molar-refractivity contribution in [1.29, 1.82) is 0 Å². The summed E-state index contributed by atoms with van der Waals surface area (Å²) in [5.41, 5.74) is 5.43. The summed E-state index contributed by atoms with van der Waals surface area (Å²) >= 11 is 0. The first kappa shape index (κ1) is 20.8. The highest BCUT2D eigenvalue weighted by Crippen LogP contribution is 2.24. The molecule has 4 N–H and O–H groups in total. The lowest BCUT2D eigenvalue weighted by Gasteiger charge is -2.10. The number of halogens is 3. The van der Waals surface area contributed by atoms with Crippen molar-refractivity contribution in [3.63, 3.8) is 0 Å². The third-order valence-corrected chi connectivity index (χ3v) is 4.09. The Morgan fingerprint density at radius 3 is 2.63 bits per heavy atom. The molecule has 3 aromatic heterocycles. The molecule has 0 saturated heterocycles. The SMILES string of the molecule is O=C(O)C(F)(F)F.O=C1NCCc2[nH]c(-c3ccnc(/C=C\c4cnc[nH]4)c3)cc21. The minimum Gasteiger partial charge on any atom is -0.475 e. The maximum atomic E-state index is 11.9. The number of carboxylic acids is 1. The summed E-state index contributed by atoms with van der Waals surface area (Å²) < 4.78 is 31.7. The molecule has 4 heterocycles. The summed E-state index contributed by atoms with van der Waals surface area (Å²) in [5.74, 6) is -2.77. The number of aliphatic carboxylic acids is 1. The quantitative estimate of drug-likeness (QED) is 0.520. The maximum absolute atomic E-state index is 11.9. The fourth-order valence-corrected chi connectivity index (χ4v) is 2.69. The van der Waals surface area contributed by atoms with Crippen LogP contribution in [0.15, 0.2) is 36.9 Å². The van der Waals surface area contributed by atoms with Gasteiger partial charge in [-0.15, -0.1) is 0 Å². The van der Waals surface area contributed by atoms with Crippen molar-refractivity contribution in [1.82, 2.24) is 25.3 Å². The molecule has 0 spiro atoms. The molecule has 0 atom stereocenters. The first-order chi connectivity index (χ1) is 14.2. The molecule has 0 bridgehead atoms. The number of hydrogen-bond donors (Lipinski definition) is 4. The van der Waals surface area contributed by atoms with E-state index in [0.29, 0.717) is 6.54 Å². The molecule has 156 valence electrons. The van der Waals surface area contributed by atoms with Crippen molar-refractivity contribution < 1.29 is 27.9 Å². The van der Waals surface area contributed by atoms with Gasteiger partial charge >= 0.3 is 12.1 Å². The molecular formula is C19H16F3N5O3. The van der Waals surface area contributed by atoms with E-state index in [1.807, 2.05) is 30.4 Å². The first-order valence-electron chi connectivity index (χ1n) is 8.67. The zero-order valence-corrected chi connectivity index (χ0v) is 15.3. The molecule has 0 aliphatic carbocycles. The number of imidazole rings is 1. The average Bonchev–Trinajstić information content (AvgIpc) is 3.37. The molecule has 0 radical (unpaired) electrons. The molecular weight excluding hydrogens is 403 g/mol. The largest absolute Gasteiger partial charge is 0.490 e. The van der Waals surface area contributed by atoms with Crippen LogP contribution in [-0.2, 0) is 11.2 Å². The van der Waals surface area contributed by atoms with Crippen LogP contribution in [-0.4, -0.2) is 49.6 Å². The Morgan fingerprint density at radius 2 is 2.00 bits per heavy atom. The number of aromatic nitrogens is 4. The first-order valence-corrected chi connectivity index (χ1v) is 8.67. The van der Waals surface area contributed by atoms with Gasteiger partial charge in [-0.2, -0.15) is 13.2 Å². The minimum atomic E-state index is -5.08. The van der Waals surface area contributed by atoms with Gasteiger partial charge in [0.1, 0.15) is 0 Å². The Kier molecular flexibility index (Phi) is 6.00. The summed E-state index contributed by atoms with van der Waals surface area (Å²) in [4.78, 5) is 35.4. The number of rotatable bonds is 3. The summed E-state index contributed by atoms with van der Waals surface area (Å²) in [6.07, 6.45) is 4.75. The molecule has 0 fully saturated rings. The van der Waals surface area contributed by atoms with E-state index >= 15 is 0 Å². The lowest BCUT2D eigenvalue weighted by atomic mass is 10.1. The highest BCUT2D eigenvalue weighted by molar-refractivity contribution is 5.97. The van der Waals surface area contributed by atoms with E-state index in [1.54, 1.807) is 18.7 Å². The number of H-pyrrole nitrogens is 2. The molecule has 1 aliphatic rings. The smallest absolute Gasteiger partial charge is 0.475 e. The van der Waals surface area contributed by atoms with Crippen LogP contribution in [0.4, 0.5) is 13.2 Å². The molecule has 30 heavy (non-hydrogen) atoms. The predicted molar refractivity (Wildman–Crippen MR) is 101 cm³/mol. The normalized spacial score (nSPS) is 13.4. The Labute approximate surface area is 167 Å². The molecule has 11 heteroatoms. The van der Waals surface area contributed by atoms with E-state index in [0.717, 1.165) is 40.3 Å². The molecule has 0 saturated carbocycles. The van der Waals surface area contributed by atoms with Crippen LogP contribution in [0.3, 0.4) is 0 Å². The number of nitrogens with one attached hydrogen (secondary N) is 3.